The van der Waals surface area contributed by atoms with Gasteiger partial charge in [0.2, 0.25) is 0 Å². The van der Waals surface area contributed by atoms with E-state index >= 15 is 0 Å². The molecule has 0 aromatic heterocycles. The monoisotopic (exact) mass is 336 g/mol. The van der Waals surface area contributed by atoms with Crippen LogP contribution in [0.1, 0.15) is 18.1 Å². The van der Waals surface area contributed by atoms with E-state index in [1.165, 1.54) is 5.56 Å². The van der Waals surface area contributed by atoms with Crippen LogP contribution in [0.15, 0.2) is 60.2 Å². The fourth-order valence-electron chi connectivity index (χ4n) is 3.18. The molecule has 0 radical (unpaired) electrons. The number of piperazine rings is 1. The minimum Gasteiger partial charge on any atom is -0.478 e. The quantitative estimate of drug-likeness (QED) is 0.849. The van der Waals surface area contributed by atoms with Crippen molar-refractivity contribution >= 4 is 17.7 Å². The van der Waals surface area contributed by atoms with Crippen molar-refractivity contribution in [3.63, 3.8) is 0 Å². The topological polar surface area (TPSA) is 43.8 Å². The van der Waals surface area contributed by atoms with E-state index in [2.05, 4.69) is 40.1 Å². The Morgan fingerprint density at radius 1 is 1.00 bits per heavy atom. The lowest BCUT2D eigenvalue weighted by molar-refractivity contribution is -0.132. The van der Waals surface area contributed by atoms with Gasteiger partial charge in [0.05, 0.1) is 0 Å². The summed E-state index contributed by atoms with van der Waals surface area (Å²) < 4.78 is 0. The highest BCUT2D eigenvalue weighted by molar-refractivity contribution is 5.92. The average molecular weight is 336 g/mol. The first-order chi connectivity index (χ1) is 12.1. The molecule has 3 rings (SSSR count). The van der Waals surface area contributed by atoms with Crippen LogP contribution in [-0.2, 0) is 11.3 Å². The van der Waals surface area contributed by atoms with Crippen molar-refractivity contribution in [2.75, 3.05) is 31.1 Å². The van der Waals surface area contributed by atoms with Crippen LogP contribution in [0.2, 0.25) is 0 Å². The standard InChI is InChI=1S/C21H24N2O2/c1-17(21(24)25)15-19-9-5-6-10-20(19)23-13-11-22(12-14-23)16-18-7-3-2-4-8-18/h2-10,15H,11-14,16H2,1H3,(H,24,25)/b17-15+. The number of aliphatic carboxylic acids is 1. The van der Waals surface area contributed by atoms with Crippen LogP contribution in [0.3, 0.4) is 0 Å². The molecule has 130 valence electrons. The highest BCUT2D eigenvalue weighted by Gasteiger charge is 2.19. The molecule has 0 aliphatic carbocycles. The minimum atomic E-state index is -0.873. The van der Waals surface area contributed by atoms with Gasteiger partial charge in [0.1, 0.15) is 0 Å². The summed E-state index contributed by atoms with van der Waals surface area (Å²) in [7, 11) is 0. The Hall–Kier alpha value is -2.59. The first kappa shape index (κ1) is 17.2. The Kier molecular flexibility index (Phi) is 5.51. The third-order valence-electron chi connectivity index (χ3n) is 4.61. The molecule has 4 nitrogen and oxygen atoms in total. The van der Waals surface area contributed by atoms with Crippen molar-refractivity contribution in [1.29, 1.82) is 0 Å². The van der Waals surface area contributed by atoms with Crippen LogP contribution >= 0.6 is 0 Å². The number of benzene rings is 2. The number of carbonyl (C=O) groups is 1. The fourth-order valence-corrected chi connectivity index (χ4v) is 3.18. The Bertz CT molecular complexity index is 748. The summed E-state index contributed by atoms with van der Waals surface area (Å²) in [5, 5.41) is 9.13. The second kappa shape index (κ2) is 7.99. The maximum atomic E-state index is 11.1. The molecule has 1 heterocycles. The van der Waals surface area contributed by atoms with Gasteiger partial charge in [-0.05, 0) is 30.2 Å². The lowest BCUT2D eigenvalue weighted by Gasteiger charge is -2.36. The van der Waals surface area contributed by atoms with Gasteiger partial charge in [0, 0.05) is 44.0 Å². The van der Waals surface area contributed by atoms with Gasteiger partial charge in [-0.3, -0.25) is 4.90 Å². The van der Waals surface area contributed by atoms with E-state index in [0.717, 1.165) is 44.0 Å². The molecule has 2 aromatic carbocycles. The van der Waals surface area contributed by atoms with Gasteiger partial charge < -0.3 is 10.0 Å². The Morgan fingerprint density at radius 2 is 1.64 bits per heavy atom. The van der Waals surface area contributed by atoms with Crippen LogP contribution < -0.4 is 4.90 Å². The molecule has 1 N–H and O–H groups in total. The van der Waals surface area contributed by atoms with Crippen LogP contribution in [-0.4, -0.2) is 42.2 Å². The zero-order valence-corrected chi connectivity index (χ0v) is 14.6. The summed E-state index contributed by atoms with van der Waals surface area (Å²) >= 11 is 0. The van der Waals surface area contributed by atoms with Gasteiger partial charge in [-0.1, -0.05) is 48.5 Å². The number of rotatable bonds is 5. The molecule has 0 amide bonds. The maximum absolute atomic E-state index is 11.1. The molecule has 1 fully saturated rings. The number of para-hydroxylation sites is 1. The highest BCUT2D eigenvalue weighted by Crippen LogP contribution is 2.24. The number of carboxylic acids is 1. The Balaban J connectivity index is 1.67. The summed E-state index contributed by atoms with van der Waals surface area (Å²) in [6.07, 6.45) is 1.76. The summed E-state index contributed by atoms with van der Waals surface area (Å²) in [6.45, 7) is 6.52. The molecule has 0 spiro atoms. The Morgan fingerprint density at radius 3 is 2.32 bits per heavy atom. The van der Waals surface area contributed by atoms with Crippen LogP contribution in [0, 0.1) is 0 Å². The minimum absolute atomic E-state index is 0.357. The lowest BCUT2D eigenvalue weighted by atomic mass is 10.1. The van der Waals surface area contributed by atoms with Crippen molar-refractivity contribution in [3.05, 3.63) is 71.3 Å². The smallest absolute Gasteiger partial charge is 0.331 e. The number of hydrogen-bond acceptors (Lipinski definition) is 3. The van der Waals surface area contributed by atoms with E-state index in [0.29, 0.717) is 5.57 Å². The fraction of sp³-hybridized carbons (Fsp3) is 0.286. The van der Waals surface area contributed by atoms with E-state index < -0.39 is 5.97 Å². The van der Waals surface area contributed by atoms with E-state index in [1.807, 2.05) is 24.3 Å². The molecule has 0 saturated carbocycles. The van der Waals surface area contributed by atoms with Gasteiger partial charge in [-0.2, -0.15) is 0 Å². The zero-order chi connectivity index (χ0) is 17.6. The molecule has 1 aliphatic rings. The molecule has 0 unspecified atom stereocenters. The summed E-state index contributed by atoms with van der Waals surface area (Å²) in [4.78, 5) is 15.9. The van der Waals surface area contributed by atoms with Crippen molar-refractivity contribution < 1.29 is 9.90 Å². The molecule has 0 bridgehead atoms. The largest absolute Gasteiger partial charge is 0.478 e. The van der Waals surface area contributed by atoms with E-state index in [-0.39, 0.29) is 0 Å². The number of nitrogens with zero attached hydrogens (tertiary/aromatic N) is 2. The van der Waals surface area contributed by atoms with Crippen LogP contribution in [0.5, 0.6) is 0 Å². The van der Waals surface area contributed by atoms with Gasteiger partial charge in [-0.25, -0.2) is 4.79 Å². The van der Waals surface area contributed by atoms with Gasteiger partial charge in [-0.15, -0.1) is 0 Å². The number of anilines is 1. The average Bonchev–Trinajstić information content (AvgIpc) is 2.64. The van der Waals surface area contributed by atoms with E-state index in [4.69, 9.17) is 5.11 Å². The molecule has 4 heteroatoms. The molecule has 1 aliphatic heterocycles. The molecular weight excluding hydrogens is 312 g/mol. The van der Waals surface area contributed by atoms with Crippen LogP contribution in [0.25, 0.3) is 6.08 Å². The first-order valence-corrected chi connectivity index (χ1v) is 8.65. The summed E-state index contributed by atoms with van der Waals surface area (Å²) in [6, 6.07) is 18.6. The van der Waals surface area contributed by atoms with Crippen molar-refractivity contribution in [1.82, 2.24) is 4.90 Å². The second-order valence-electron chi connectivity index (χ2n) is 6.44. The maximum Gasteiger partial charge on any atom is 0.331 e. The lowest BCUT2D eigenvalue weighted by Crippen LogP contribution is -2.46. The summed E-state index contributed by atoms with van der Waals surface area (Å²) in [5.41, 5.74) is 3.79. The zero-order valence-electron chi connectivity index (χ0n) is 14.6. The normalized spacial score (nSPS) is 16.0. The Labute approximate surface area is 149 Å². The van der Waals surface area contributed by atoms with Gasteiger partial charge in [0.15, 0.2) is 0 Å². The van der Waals surface area contributed by atoms with Crippen molar-refractivity contribution in [3.8, 4) is 0 Å². The first-order valence-electron chi connectivity index (χ1n) is 8.65. The van der Waals surface area contributed by atoms with Crippen molar-refractivity contribution in [2.24, 2.45) is 0 Å². The van der Waals surface area contributed by atoms with Crippen LogP contribution in [0.4, 0.5) is 5.69 Å². The predicted octanol–water partition coefficient (Wildman–Crippen LogP) is 3.50. The highest BCUT2D eigenvalue weighted by atomic mass is 16.4. The second-order valence-corrected chi connectivity index (χ2v) is 6.44. The SMILES string of the molecule is C/C(=C\c1ccccc1N1CCN(Cc2ccccc2)CC1)C(=O)O. The molecule has 1 saturated heterocycles. The van der Waals surface area contributed by atoms with Gasteiger partial charge in [0.25, 0.3) is 0 Å². The predicted molar refractivity (Wildman–Crippen MR) is 102 cm³/mol. The van der Waals surface area contributed by atoms with Crippen molar-refractivity contribution in [2.45, 2.75) is 13.5 Å². The van der Waals surface area contributed by atoms with Gasteiger partial charge >= 0.3 is 5.97 Å². The third-order valence-corrected chi connectivity index (χ3v) is 4.61. The molecule has 25 heavy (non-hydrogen) atoms. The number of carboxylic acid groups (broad SMARTS) is 1. The third kappa shape index (κ3) is 4.48. The van der Waals surface area contributed by atoms with E-state index in [9.17, 15) is 4.79 Å². The number of hydrogen-bond donors (Lipinski definition) is 1. The molecule has 2 aromatic rings. The molecule has 0 atom stereocenters. The molecular formula is C21H24N2O2. The van der Waals surface area contributed by atoms with E-state index in [1.54, 1.807) is 13.0 Å². The summed E-state index contributed by atoms with van der Waals surface area (Å²) in [5.74, 6) is -0.873.